The molecule has 2 aliphatic rings. The second-order valence-corrected chi connectivity index (χ2v) is 8.60. The van der Waals surface area contributed by atoms with Gasteiger partial charge in [-0.2, -0.15) is 0 Å². The quantitative estimate of drug-likeness (QED) is 0.525. The summed E-state index contributed by atoms with van der Waals surface area (Å²) in [6, 6.07) is 13.4. The van der Waals surface area contributed by atoms with Gasteiger partial charge < -0.3 is 10.2 Å². The molecule has 1 aromatic carbocycles. The Kier molecular flexibility index (Phi) is 7.86. The van der Waals surface area contributed by atoms with Crippen LogP contribution in [0.25, 0.3) is 6.08 Å². The van der Waals surface area contributed by atoms with Crippen molar-refractivity contribution in [1.82, 2.24) is 20.1 Å². The minimum Gasteiger partial charge on any atom is -0.353 e. The molecule has 1 N–H and O–H groups in total. The molecule has 1 amide bonds. The van der Waals surface area contributed by atoms with Gasteiger partial charge in [0.2, 0.25) is 5.91 Å². The van der Waals surface area contributed by atoms with Crippen molar-refractivity contribution in [2.45, 2.75) is 38.1 Å². The molecular formula is C26H34N4O. The number of fused-ring (bicyclic) bond motifs is 1. The molecule has 1 aliphatic carbocycles. The van der Waals surface area contributed by atoms with E-state index >= 15 is 0 Å². The third-order valence-corrected chi connectivity index (χ3v) is 6.50. The van der Waals surface area contributed by atoms with Crippen molar-refractivity contribution in [2.75, 3.05) is 39.3 Å². The zero-order chi connectivity index (χ0) is 21.3. The van der Waals surface area contributed by atoms with Gasteiger partial charge in [0.05, 0.1) is 0 Å². The topological polar surface area (TPSA) is 48.5 Å². The van der Waals surface area contributed by atoms with E-state index in [1.165, 1.54) is 19.3 Å². The number of unbranched alkanes of at least 4 members (excludes halogenated alkanes) is 1. The zero-order valence-electron chi connectivity index (χ0n) is 18.4. The van der Waals surface area contributed by atoms with Crippen LogP contribution in [0.5, 0.6) is 0 Å². The smallest absolute Gasteiger partial charge is 0.243 e. The van der Waals surface area contributed by atoms with Crippen LogP contribution in [-0.2, 0) is 11.2 Å². The third-order valence-electron chi connectivity index (χ3n) is 6.50. The summed E-state index contributed by atoms with van der Waals surface area (Å²) in [5.74, 6) is -0.0368. The van der Waals surface area contributed by atoms with E-state index < -0.39 is 0 Å². The predicted molar refractivity (Wildman–Crippen MR) is 126 cm³/mol. The lowest BCUT2D eigenvalue weighted by atomic mass is 9.86. The van der Waals surface area contributed by atoms with Crippen LogP contribution in [0.4, 0.5) is 0 Å². The van der Waals surface area contributed by atoms with Crippen LogP contribution in [0.15, 0.2) is 54.9 Å². The number of benzene rings is 1. The summed E-state index contributed by atoms with van der Waals surface area (Å²) in [4.78, 5) is 21.2. The van der Waals surface area contributed by atoms with E-state index in [9.17, 15) is 4.79 Å². The van der Waals surface area contributed by atoms with Crippen LogP contribution >= 0.6 is 0 Å². The molecule has 164 valence electrons. The van der Waals surface area contributed by atoms with Gasteiger partial charge in [-0.1, -0.05) is 30.3 Å². The van der Waals surface area contributed by atoms with Crippen LogP contribution in [0.2, 0.25) is 0 Å². The van der Waals surface area contributed by atoms with Crippen molar-refractivity contribution < 1.29 is 4.79 Å². The molecule has 0 saturated carbocycles. The Hall–Kier alpha value is -2.50. The number of aryl methyl sites for hydroxylation is 1. The summed E-state index contributed by atoms with van der Waals surface area (Å²) in [5.41, 5.74) is 4.06. The van der Waals surface area contributed by atoms with Crippen molar-refractivity contribution in [2.24, 2.45) is 0 Å². The molecule has 1 unspecified atom stereocenters. The summed E-state index contributed by atoms with van der Waals surface area (Å²) in [6.45, 7) is 6.48. The normalized spacial score (nSPS) is 19.9. The molecule has 1 aromatic heterocycles. The van der Waals surface area contributed by atoms with Crippen LogP contribution in [0.3, 0.4) is 0 Å². The minimum atomic E-state index is -0.0368. The molecule has 31 heavy (non-hydrogen) atoms. The van der Waals surface area contributed by atoms with Crippen molar-refractivity contribution in [3.05, 3.63) is 71.6 Å². The molecule has 5 heteroatoms. The van der Waals surface area contributed by atoms with E-state index in [0.29, 0.717) is 6.04 Å². The molecule has 5 nitrogen and oxygen atoms in total. The van der Waals surface area contributed by atoms with Crippen molar-refractivity contribution in [1.29, 1.82) is 0 Å². The molecule has 1 saturated heterocycles. The van der Waals surface area contributed by atoms with E-state index in [1.807, 2.05) is 12.1 Å². The zero-order valence-corrected chi connectivity index (χ0v) is 18.4. The number of nitrogens with zero attached hydrogens (tertiary/aromatic N) is 3. The molecule has 2 heterocycles. The second kappa shape index (κ2) is 11.2. The lowest BCUT2D eigenvalue weighted by molar-refractivity contribution is -0.116. The lowest BCUT2D eigenvalue weighted by Crippen LogP contribution is -2.48. The monoisotopic (exact) mass is 418 g/mol. The first-order valence-corrected chi connectivity index (χ1v) is 11.7. The number of amides is 1. The van der Waals surface area contributed by atoms with E-state index in [0.717, 1.165) is 57.7 Å². The van der Waals surface area contributed by atoms with E-state index in [-0.39, 0.29) is 5.91 Å². The predicted octanol–water partition coefficient (Wildman–Crippen LogP) is 3.69. The average Bonchev–Trinajstić information content (AvgIpc) is 2.83. The first kappa shape index (κ1) is 21.7. The highest BCUT2D eigenvalue weighted by Crippen LogP contribution is 2.34. The Labute approximate surface area is 186 Å². The Bertz CT molecular complexity index is 859. The molecule has 0 bridgehead atoms. The maximum Gasteiger partial charge on any atom is 0.243 e. The fraction of sp³-hybridized carbons (Fsp3) is 0.462. The Balaban J connectivity index is 1.11. The summed E-state index contributed by atoms with van der Waals surface area (Å²) >= 11 is 0. The molecule has 0 spiro atoms. The minimum absolute atomic E-state index is 0.0368. The van der Waals surface area contributed by atoms with E-state index in [2.05, 4.69) is 44.4 Å². The van der Waals surface area contributed by atoms with E-state index in [4.69, 9.17) is 0 Å². The number of pyridine rings is 1. The second-order valence-electron chi connectivity index (χ2n) is 8.60. The lowest BCUT2D eigenvalue weighted by Gasteiger charge is -2.41. The van der Waals surface area contributed by atoms with Crippen molar-refractivity contribution >= 4 is 12.0 Å². The molecule has 1 aliphatic heterocycles. The first-order chi connectivity index (χ1) is 15.3. The Morgan fingerprint density at radius 3 is 2.81 bits per heavy atom. The van der Waals surface area contributed by atoms with Gasteiger partial charge in [0.25, 0.3) is 0 Å². The maximum atomic E-state index is 11.9. The summed E-state index contributed by atoms with van der Waals surface area (Å²) in [6.07, 6.45) is 12.8. The van der Waals surface area contributed by atoms with E-state index in [1.54, 1.807) is 35.7 Å². The highest BCUT2D eigenvalue weighted by atomic mass is 16.1. The van der Waals surface area contributed by atoms with Crippen LogP contribution in [0.1, 0.15) is 48.4 Å². The Morgan fingerprint density at radius 2 is 1.97 bits per heavy atom. The number of piperazine rings is 1. The Morgan fingerprint density at radius 1 is 1.10 bits per heavy atom. The number of rotatable bonds is 8. The maximum absolute atomic E-state index is 11.9. The number of hydrogen-bond donors (Lipinski definition) is 1. The molecule has 4 rings (SSSR count). The largest absolute Gasteiger partial charge is 0.353 e. The van der Waals surface area contributed by atoms with Crippen LogP contribution in [0, 0.1) is 0 Å². The SMILES string of the molecule is O=C(C=Cc1cccnc1)NCCCCN1CCN(C2CCCc3ccccc32)CC1. The molecule has 0 radical (unpaired) electrons. The highest BCUT2D eigenvalue weighted by molar-refractivity contribution is 5.91. The third kappa shape index (κ3) is 6.25. The van der Waals surface area contributed by atoms with Crippen LogP contribution < -0.4 is 5.32 Å². The number of carbonyl (C=O) groups is 1. The first-order valence-electron chi connectivity index (χ1n) is 11.7. The van der Waals surface area contributed by atoms with Gasteiger partial charge in [-0.25, -0.2) is 0 Å². The van der Waals surface area contributed by atoms with Gasteiger partial charge in [0, 0.05) is 57.2 Å². The van der Waals surface area contributed by atoms with Gasteiger partial charge in [-0.15, -0.1) is 0 Å². The number of carbonyl (C=O) groups excluding carboxylic acids is 1. The van der Waals surface area contributed by atoms with Crippen molar-refractivity contribution in [3.63, 3.8) is 0 Å². The number of hydrogen-bond acceptors (Lipinski definition) is 4. The van der Waals surface area contributed by atoms with Gasteiger partial charge in [0.15, 0.2) is 0 Å². The van der Waals surface area contributed by atoms with Gasteiger partial charge in [-0.05, 0) is 67.5 Å². The fourth-order valence-electron chi connectivity index (χ4n) is 4.78. The van der Waals surface area contributed by atoms with Gasteiger partial charge in [-0.3, -0.25) is 14.7 Å². The van der Waals surface area contributed by atoms with Crippen molar-refractivity contribution in [3.8, 4) is 0 Å². The van der Waals surface area contributed by atoms with Crippen LogP contribution in [-0.4, -0.2) is 60.0 Å². The number of aromatic nitrogens is 1. The molecule has 2 aromatic rings. The summed E-state index contributed by atoms with van der Waals surface area (Å²) in [7, 11) is 0. The summed E-state index contributed by atoms with van der Waals surface area (Å²) in [5, 5.41) is 2.98. The highest BCUT2D eigenvalue weighted by Gasteiger charge is 2.28. The number of nitrogens with one attached hydrogen (secondary N) is 1. The van der Waals surface area contributed by atoms with Gasteiger partial charge >= 0.3 is 0 Å². The van der Waals surface area contributed by atoms with Gasteiger partial charge in [0.1, 0.15) is 0 Å². The molecule has 1 fully saturated rings. The fourth-order valence-corrected chi connectivity index (χ4v) is 4.78. The molecular weight excluding hydrogens is 384 g/mol. The standard InChI is InChI=1S/C26H34N4O/c31-26(13-12-22-7-6-14-27-21-22)28-15-3-4-16-29-17-19-30(20-18-29)25-11-5-9-23-8-1-2-10-24(23)25/h1-2,6-8,10,12-14,21,25H,3-5,9,11,15-20H2,(H,28,31). The molecule has 1 atom stereocenters. The summed E-state index contributed by atoms with van der Waals surface area (Å²) < 4.78 is 0. The average molecular weight is 419 g/mol.